The summed E-state index contributed by atoms with van der Waals surface area (Å²) in [4.78, 5) is 18.8. The highest BCUT2D eigenvalue weighted by molar-refractivity contribution is 5.77. The zero-order valence-corrected chi connectivity index (χ0v) is 16.2. The van der Waals surface area contributed by atoms with E-state index >= 15 is 0 Å². The van der Waals surface area contributed by atoms with Gasteiger partial charge in [-0.2, -0.15) is 5.10 Å². The lowest BCUT2D eigenvalue weighted by Gasteiger charge is -2.21. The van der Waals surface area contributed by atoms with E-state index in [1.54, 1.807) is 18.2 Å². The standard InChI is InChI=1S/C19H28N4O2/c1-11(18-14(4)21-22-15(18)5)8-17(24)23(6)10-16-13(3)19(25-7)12(2)9-20-16/h9,11H,8,10H2,1-7H3,(H,21,22)/t11-/m0/s1. The molecule has 136 valence electrons. The molecule has 6 heteroatoms. The zero-order chi connectivity index (χ0) is 18.7. The molecule has 0 saturated carbocycles. The van der Waals surface area contributed by atoms with Crippen LogP contribution < -0.4 is 4.74 Å². The predicted octanol–water partition coefficient (Wildman–Crippen LogP) is 3.20. The maximum absolute atomic E-state index is 12.6. The Morgan fingerprint density at radius 3 is 2.56 bits per heavy atom. The monoisotopic (exact) mass is 344 g/mol. The van der Waals surface area contributed by atoms with Crippen LogP contribution in [0.4, 0.5) is 0 Å². The van der Waals surface area contributed by atoms with Crippen molar-refractivity contribution in [3.8, 4) is 5.75 Å². The van der Waals surface area contributed by atoms with Crippen molar-refractivity contribution >= 4 is 5.91 Å². The van der Waals surface area contributed by atoms with Crippen LogP contribution in [-0.2, 0) is 11.3 Å². The van der Waals surface area contributed by atoms with E-state index in [4.69, 9.17) is 4.74 Å². The fourth-order valence-corrected chi connectivity index (χ4v) is 3.35. The number of hydrogen-bond donors (Lipinski definition) is 1. The van der Waals surface area contributed by atoms with E-state index in [1.807, 2.05) is 34.7 Å². The van der Waals surface area contributed by atoms with E-state index in [9.17, 15) is 4.79 Å². The van der Waals surface area contributed by atoms with Crippen molar-refractivity contribution in [3.05, 3.63) is 40.0 Å². The quantitative estimate of drug-likeness (QED) is 0.873. The van der Waals surface area contributed by atoms with Crippen molar-refractivity contribution in [2.24, 2.45) is 0 Å². The number of pyridine rings is 1. The van der Waals surface area contributed by atoms with Crippen molar-refractivity contribution < 1.29 is 9.53 Å². The van der Waals surface area contributed by atoms with Crippen molar-refractivity contribution in [3.63, 3.8) is 0 Å². The Morgan fingerprint density at radius 1 is 1.32 bits per heavy atom. The minimum atomic E-state index is 0.0910. The molecule has 1 amide bonds. The summed E-state index contributed by atoms with van der Waals surface area (Å²) in [5.74, 6) is 1.05. The fourth-order valence-electron chi connectivity index (χ4n) is 3.35. The number of methoxy groups -OCH3 is 1. The highest BCUT2D eigenvalue weighted by Crippen LogP contribution is 2.27. The first-order chi connectivity index (χ1) is 11.8. The molecule has 6 nitrogen and oxygen atoms in total. The van der Waals surface area contributed by atoms with Gasteiger partial charge >= 0.3 is 0 Å². The van der Waals surface area contributed by atoms with Crippen molar-refractivity contribution in [1.29, 1.82) is 0 Å². The van der Waals surface area contributed by atoms with Gasteiger partial charge in [0.05, 0.1) is 25.0 Å². The minimum absolute atomic E-state index is 0.0910. The summed E-state index contributed by atoms with van der Waals surface area (Å²) in [6.45, 7) is 10.4. The number of hydrogen-bond acceptors (Lipinski definition) is 4. The third-order valence-electron chi connectivity index (χ3n) is 4.72. The van der Waals surface area contributed by atoms with Crippen LogP contribution in [0.25, 0.3) is 0 Å². The van der Waals surface area contributed by atoms with Crippen LogP contribution in [0.5, 0.6) is 5.75 Å². The first kappa shape index (κ1) is 19.0. The van der Waals surface area contributed by atoms with Crippen molar-refractivity contribution in [1.82, 2.24) is 20.1 Å². The molecule has 2 aromatic rings. The van der Waals surface area contributed by atoms with E-state index < -0.39 is 0 Å². The number of rotatable bonds is 6. The van der Waals surface area contributed by atoms with E-state index in [0.717, 1.165) is 39.5 Å². The van der Waals surface area contributed by atoms with Gasteiger partial charge in [0.1, 0.15) is 5.75 Å². The molecule has 0 bridgehead atoms. The van der Waals surface area contributed by atoms with Gasteiger partial charge in [-0.1, -0.05) is 6.92 Å². The average molecular weight is 344 g/mol. The molecule has 25 heavy (non-hydrogen) atoms. The summed E-state index contributed by atoms with van der Waals surface area (Å²) in [7, 11) is 3.48. The van der Waals surface area contributed by atoms with Crippen molar-refractivity contribution in [2.75, 3.05) is 14.2 Å². The molecule has 0 radical (unpaired) electrons. The van der Waals surface area contributed by atoms with E-state index in [-0.39, 0.29) is 11.8 Å². The lowest BCUT2D eigenvalue weighted by atomic mass is 9.95. The lowest BCUT2D eigenvalue weighted by molar-refractivity contribution is -0.130. The van der Waals surface area contributed by atoms with E-state index in [1.165, 1.54) is 0 Å². The molecule has 0 spiro atoms. The second-order valence-electron chi connectivity index (χ2n) is 6.75. The van der Waals surface area contributed by atoms with Gasteiger partial charge in [-0.15, -0.1) is 0 Å². The average Bonchev–Trinajstić information content (AvgIpc) is 2.89. The minimum Gasteiger partial charge on any atom is -0.496 e. The number of aryl methyl sites for hydroxylation is 3. The first-order valence-electron chi connectivity index (χ1n) is 8.50. The van der Waals surface area contributed by atoms with Crippen LogP contribution in [0, 0.1) is 27.7 Å². The number of amides is 1. The molecular formula is C19H28N4O2. The maximum atomic E-state index is 12.6. The topological polar surface area (TPSA) is 71.1 Å². The highest BCUT2D eigenvalue weighted by atomic mass is 16.5. The molecule has 0 saturated heterocycles. The second-order valence-corrected chi connectivity index (χ2v) is 6.75. The molecular weight excluding hydrogens is 316 g/mol. The van der Waals surface area contributed by atoms with Gasteiger partial charge < -0.3 is 9.64 Å². The van der Waals surface area contributed by atoms with Gasteiger partial charge in [-0.3, -0.25) is 14.9 Å². The third-order valence-corrected chi connectivity index (χ3v) is 4.72. The van der Waals surface area contributed by atoms with Crippen molar-refractivity contribution in [2.45, 2.75) is 53.5 Å². The third kappa shape index (κ3) is 4.00. The summed E-state index contributed by atoms with van der Waals surface area (Å²) in [6, 6.07) is 0. The van der Waals surface area contributed by atoms with Gasteiger partial charge in [0.15, 0.2) is 0 Å². The largest absolute Gasteiger partial charge is 0.496 e. The number of H-pyrrole nitrogens is 1. The van der Waals surface area contributed by atoms with Gasteiger partial charge in [-0.25, -0.2) is 0 Å². The summed E-state index contributed by atoms with van der Waals surface area (Å²) >= 11 is 0. The predicted molar refractivity (Wildman–Crippen MR) is 97.8 cm³/mol. The highest BCUT2D eigenvalue weighted by Gasteiger charge is 2.21. The van der Waals surface area contributed by atoms with Crippen LogP contribution in [-0.4, -0.2) is 40.1 Å². The zero-order valence-electron chi connectivity index (χ0n) is 16.2. The van der Waals surface area contributed by atoms with E-state index in [2.05, 4.69) is 22.1 Å². The van der Waals surface area contributed by atoms with Gasteiger partial charge in [-0.05, 0) is 39.2 Å². The Bertz CT molecular complexity index is 748. The van der Waals surface area contributed by atoms with Crippen LogP contribution in [0.3, 0.4) is 0 Å². The fraction of sp³-hybridized carbons (Fsp3) is 0.526. The Hall–Kier alpha value is -2.37. The molecule has 2 aromatic heterocycles. The molecule has 0 aromatic carbocycles. The Kier molecular flexibility index (Phi) is 5.82. The van der Waals surface area contributed by atoms with E-state index in [0.29, 0.717) is 13.0 Å². The number of carbonyl (C=O) groups excluding carboxylic acids is 1. The Balaban J connectivity index is 2.08. The number of carbonyl (C=O) groups is 1. The Morgan fingerprint density at radius 2 is 2.00 bits per heavy atom. The van der Waals surface area contributed by atoms with Gasteiger partial charge in [0, 0.05) is 36.5 Å². The molecule has 1 N–H and O–H groups in total. The number of nitrogens with zero attached hydrogens (tertiary/aromatic N) is 3. The number of nitrogens with one attached hydrogen (secondary N) is 1. The maximum Gasteiger partial charge on any atom is 0.223 e. The van der Waals surface area contributed by atoms with Crippen LogP contribution in [0.2, 0.25) is 0 Å². The molecule has 1 atom stereocenters. The Labute approximate surface area is 149 Å². The summed E-state index contributed by atoms with van der Waals surface area (Å²) in [5.41, 5.74) is 5.96. The van der Waals surface area contributed by atoms with Gasteiger partial charge in [0.2, 0.25) is 5.91 Å². The second kappa shape index (κ2) is 7.68. The lowest BCUT2D eigenvalue weighted by Crippen LogP contribution is -2.28. The van der Waals surface area contributed by atoms with Gasteiger partial charge in [0.25, 0.3) is 0 Å². The molecule has 0 fully saturated rings. The first-order valence-corrected chi connectivity index (χ1v) is 8.50. The summed E-state index contributed by atoms with van der Waals surface area (Å²) in [6.07, 6.45) is 2.24. The number of ether oxygens (including phenoxy) is 1. The molecule has 0 aliphatic heterocycles. The summed E-state index contributed by atoms with van der Waals surface area (Å²) in [5, 5.41) is 7.21. The van der Waals surface area contributed by atoms with Crippen LogP contribution in [0.1, 0.15) is 53.0 Å². The molecule has 2 rings (SSSR count). The normalized spacial score (nSPS) is 12.1. The van der Waals surface area contributed by atoms with Crippen LogP contribution >= 0.6 is 0 Å². The number of aromatic nitrogens is 3. The molecule has 0 aliphatic rings. The molecule has 0 unspecified atom stereocenters. The summed E-state index contributed by atoms with van der Waals surface area (Å²) < 4.78 is 5.44. The smallest absolute Gasteiger partial charge is 0.223 e. The number of aromatic amines is 1. The van der Waals surface area contributed by atoms with Crippen LogP contribution in [0.15, 0.2) is 6.20 Å². The molecule has 0 aliphatic carbocycles. The molecule has 2 heterocycles. The SMILES string of the molecule is COc1c(C)cnc(CN(C)C(=O)C[C@H](C)c2c(C)n[nH]c2C)c1C.